The SMILES string of the molecule is Cc1ccccc1N1C(=O)C(c2ccc(OC(C)C)cc2)=C(N2CCc3ccccc3C2)C1=O. The Hall–Kier alpha value is -3.86. The summed E-state index contributed by atoms with van der Waals surface area (Å²) in [5, 5.41) is 0. The van der Waals surface area contributed by atoms with Crippen LogP contribution in [0.1, 0.15) is 36.1 Å². The van der Waals surface area contributed by atoms with E-state index in [1.807, 2.05) is 81.4 Å². The van der Waals surface area contributed by atoms with Crippen molar-refractivity contribution in [3.05, 3.63) is 101 Å². The van der Waals surface area contributed by atoms with Gasteiger partial charge in [0.1, 0.15) is 11.4 Å². The molecule has 0 atom stereocenters. The molecular formula is C29H28N2O3. The fourth-order valence-electron chi connectivity index (χ4n) is 4.76. The maximum absolute atomic E-state index is 13.9. The summed E-state index contributed by atoms with van der Waals surface area (Å²) in [6.45, 7) is 7.15. The lowest BCUT2D eigenvalue weighted by atomic mass is 9.98. The first-order valence-corrected chi connectivity index (χ1v) is 11.7. The minimum Gasteiger partial charge on any atom is -0.491 e. The molecule has 2 heterocycles. The molecule has 2 aliphatic rings. The van der Waals surface area contributed by atoms with Gasteiger partial charge in [-0.2, -0.15) is 0 Å². The summed E-state index contributed by atoms with van der Waals surface area (Å²) in [6, 6.07) is 23.3. The highest BCUT2D eigenvalue weighted by atomic mass is 16.5. The highest BCUT2D eigenvalue weighted by Gasteiger charge is 2.43. The van der Waals surface area contributed by atoms with E-state index in [0.29, 0.717) is 30.0 Å². The zero-order chi connectivity index (χ0) is 23.8. The third-order valence-corrected chi connectivity index (χ3v) is 6.38. The second-order valence-electron chi connectivity index (χ2n) is 9.09. The zero-order valence-electron chi connectivity index (χ0n) is 19.7. The molecule has 0 unspecified atom stereocenters. The molecule has 2 aliphatic heterocycles. The maximum Gasteiger partial charge on any atom is 0.282 e. The molecule has 172 valence electrons. The van der Waals surface area contributed by atoms with Gasteiger partial charge in [-0.25, -0.2) is 4.90 Å². The van der Waals surface area contributed by atoms with Crippen molar-refractivity contribution in [3.63, 3.8) is 0 Å². The number of para-hydroxylation sites is 1. The van der Waals surface area contributed by atoms with Crippen LogP contribution in [0.3, 0.4) is 0 Å². The normalized spacial score (nSPS) is 15.9. The Balaban J connectivity index is 1.60. The molecule has 5 heteroatoms. The van der Waals surface area contributed by atoms with Gasteiger partial charge in [0, 0.05) is 13.1 Å². The first-order valence-electron chi connectivity index (χ1n) is 11.7. The Morgan fingerprint density at radius 1 is 0.824 bits per heavy atom. The first kappa shape index (κ1) is 22.0. The second kappa shape index (κ2) is 8.82. The van der Waals surface area contributed by atoms with E-state index in [1.54, 1.807) is 0 Å². The molecule has 0 fully saturated rings. The minimum absolute atomic E-state index is 0.0558. The van der Waals surface area contributed by atoms with Crippen molar-refractivity contribution in [2.75, 3.05) is 11.4 Å². The number of aryl methyl sites for hydroxylation is 1. The Morgan fingerprint density at radius 3 is 2.21 bits per heavy atom. The van der Waals surface area contributed by atoms with E-state index in [0.717, 1.165) is 23.3 Å². The molecular weight excluding hydrogens is 424 g/mol. The molecule has 0 bridgehead atoms. The van der Waals surface area contributed by atoms with E-state index in [1.165, 1.54) is 16.0 Å². The number of hydrogen-bond acceptors (Lipinski definition) is 4. The lowest BCUT2D eigenvalue weighted by Gasteiger charge is -2.31. The molecule has 3 aromatic rings. The van der Waals surface area contributed by atoms with Crippen molar-refractivity contribution < 1.29 is 14.3 Å². The number of carbonyl (C=O) groups excluding carboxylic acids is 2. The fourth-order valence-corrected chi connectivity index (χ4v) is 4.76. The lowest BCUT2D eigenvalue weighted by molar-refractivity contribution is -0.120. The Morgan fingerprint density at radius 2 is 1.50 bits per heavy atom. The average molecular weight is 453 g/mol. The molecule has 5 nitrogen and oxygen atoms in total. The number of amides is 2. The van der Waals surface area contributed by atoms with Gasteiger partial charge in [-0.15, -0.1) is 0 Å². The van der Waals surface area contributed by atoms with E-state index in [9.17, 15) is 9.59 Å². The van der Waals surface area contributed by atoms with Gasteiger partial charge in [-0.1, -0.05) is 54.6 Å². The highest BCUT2D eigenvalue weighted by molar-refractivity contribution is 6.45. The summed E-state index contributed by atoms with van der Waals surface area (Å²) in [4.78, 5) is 31.1. The number of nitrogens with zero attached hydrogens (tertiary/aromatic N) is 2. The summed E-state index contributed by atoms with van der Waals surface area (Å²) in [5.74, 6) is 0.183. The Kier molecular flexibility index (Phi) is 5.70. The van der Waals surface area contributed by atoms with Gasteiger partial charge in [-0.3, -0.25) is 9.59 Å². The summed E-state index contributed by atoms with van der Waals surface area (Å²) in [7, 11) is 0. The summed E-state index contributed by atoms with van der Waals surface area (Å²) in [5.41, 5.74) is 5.64. The molecule has 0 saturated carbocycles. The van der Waals surface area contributed by atoms with Gasteiger partial charge in [0.15, 0.2) is 0 Å². The van der Waals surface area contributed by atoms with Crippen molar-refractivity contribution >= 4 is 23.1 Å². The van der Waals surface area contributed by atoms with E-state index in [2.05, 4.69) is 17.0 Å². The van der Waals surface area contributed by atoms with Gasteiger partial charge in [0.05, 0.1) is 17.4 Å². The second-order valence-corrected chi connectivity index (χ2v) is 9.09. The maximum atomic E-state index is 13.9. The summed E-state index contributed by atoms with van der Waals surface area (Å²) < 4.78 is 5.78. The van der Waals surface area contributed by atoms with Crippen LogP contribution in [0.4, 0.5) is 5.69 Å². The number of ether oxygens (including phenoxy) is 1. The minimum atomic E-state index is -0.286. The molecule has 0 aromatic heterocycles. The third-order valence-electron chi connectivity index (χ3n) is 6.38. The largest absolute Gasteiger partial charge is 0.491 e. The van der Waals surface area contributed by atoms with E-state index in [-0.39, 0.29) is 17.9 Å². The van der Waals surface area contributed by atoms with E-state index >= 15 is 0 Å². The van der Waals surface area contributed by atoms with E-state index < -0.39 is 0 Å². The average Bonchev–Trinajstić information content (AvgIpc) is 3.09. The van der Waals surface area contributed by atoms with Gasteiger partial charge in [-0.05, 0) is 67.6 Å². The molecule has 2 amide bonds. The van der Waals surface area contributed by atoms with Crippen molar-refractivity contribution in [1.82, 2.24) is 4.90 Å². The lowest BCUT2D eigenvalue weighted by Crippen LogP contribution is -2.37. The molecule has 0 N–H and O–H groups in total. The van der Waals surface area contributed by atoms with Gasteiger partial charge >= 0.3 is 0 Å². The number of anilines is 1. The van der Waals surface area contributed by atoms with Crippen molar-refractivity contribution in [2.24, 2.45) is 0 Å². The smallest absolute Gasteiger partial charge is 0.282 e. The molecule has 5 rings (SSSR count). The van der Waals surface area contributed by atoms with Crippen LogP contribution < -0.4 is 9.64 Å². The standard InChI is InChI=1S/C29H28N2O3/c1-19(2)34-24-14-12-22(13-15-24)26-27(30-17-16-21-9-5-6-10-23(21)18-30)29(33)31(28(26)32)25-11-7-4-8-20(25)3/h4-15,19H,16-18H2,1-3H3. The molecule has 0 saturated heterocycles. The monoisotopic (exact) mass is 452 g/mol. The zero-order valence-corrected chi connectivity index (χ0v) is 19.7. The number of hydrogen-bond donors (Lipinski definition) is 0. The molecule has 34 heavy (non-hydrogen) atoms. The van der Waals surface area contributed by atoms with Crippen LogP contribution in [0.25, 0.3) is 5.57 Å². The molecule has 0 spiro atoms. The van der Waals surface area contributed by atoms with Crippen LogP contribution in [0.2, 0.25) is 0 Å². The quantitative estimate of drug-likeness (QED) is 0.504. The van der Waals surface area contributed by atoms with Crippen LogP contribution in [0.5, 0.6) is 5.75 Å². The fraction of sp³-hybridized carbons (Fsp3) is 0.241. The van der Waals surface area contributed by atoms with E-state index in [4.69, 9.17) is 4.74 Å². The van der Waals surface area contributed by atoms with Gasteiger partial charge in [0.2, 0.25) is 0 Å². The number of imide groups is 1. The number of fused-ring (bicyclic) bond motifs is 1. The van der Waals surface area contributed by atoms with Crippen molar-refractivity contribution in [2.45, 2.75) is 39.8 Å². The Labute approximate surface area is 200 Å². The van der Waals surface area contributed by atoms with Crippen LogP contribution in [-0.2, 0) is 22.6 Å². The molecule has 0 aliphatic carbocycles. The van der Waals surface area contributed by atoms with Gasteiger partial charge < -0.3 is 9.64 Å². The number of carbonyl (C=O) groups is 2. The van der Waals surface area contributed by atoms with Crippen LogP contribution >= 0.6 is 0 Å². The molecule has 3 aromatic carbocycles. The number of benzene rings is 3. The predicted octanol–water partition coefficient (Wildman–Crippen LogP) is 5.13. The van der Waals surface area contributed by atoms with Crippen molar-refractivity contribution in [1.29, 1.82) is 0 Å². The predicted molar refractivity (Wildman–Crippen MR) is 133 cm³/mol. The number of rotatable bonds is 5. The van der Waals surface area contributed by atoms with Gasteiger partial charge in [0.25, 0.3) is 11.8 Å². The topological polar surface area (TPSA) is 49.9 Å². The van der Waals surface area contributed by atoms with Crippen LogP contribution in [-0.4, -0.2) is 29.4 Å². The summed E-state index contributed by atoms with van der Waals surface area (Å²) >= 11 is 0. The van der Waals surface area contributed by atoms with Crippen LogP contribution in [0, 0.1) is 6.92 Å². The summed E-state index contributed by atoms with van der Waals surface area (Å²) in [6.07, 6.45) is 0.889. The van der Waals surface area contributed by atoms with Crippen LogP contribution in [0.15, 0.2) is 78.5 Å². The van der Waals surface area contributed by atoms with Crippen molar-refractivity contribution in [3.8, 4) is 5.75 Å². The highest BCUT2D eigenvalue weighted by Crippen LogP contribution is 2.38. The third kappa shape index (κ3) is 3.87. The molecule has 0 radical (unpaired) electrons. The first-order chi connectivity index (χ1) is 16.4. The Bertz CT molecular complexity index is 1290.